The molecule has 0 aliphatic carbocycles. The molecule has 0 aliphatic rings. The molecule has 1 heterocycles. The predicted octanol–water partition coefficient (Wildman–Crippen LogP) is 9.31. The van der Waals surface area contributed by atoms with Gasteiger partial charge in [0.1, 0.15) is 5.75 Å². The van der Waals surface area contributed by atoms with Gasteiger partial charge < -0.3 is 9.16 Å². The fraction of sp³-hybridized carbons (Fsp3) is 0.655. The van der Waals surface area contributed by atoms with Crippen LogP contribution in [0, 0.1) is 19.3 Å². The van der Waals surface area contributed by atoms with Crippen molar-refractivity contribution in [2.75, 3.05) is 6.61 Å². The van der Waals surface area contributed by atoms with Crippen LogP contribution in [-0.4, -0.2) is 21.0 Å². The molecule has 0 bridgehead atoms. The molecule has 2 atom stereocenters. The van der Waals surface area contributed by atoms with Gasteiger partial charge in [0.05, 0.1) is 12.7 Å². The van der Waals surface area contributed by atoms with Gasteiger partial charge in [-0.05, 0) is 98.3 Å². The molecule has 33 heavy (non-hydrogen) atoms. The number of benzene rings is 1. The molecule has 0 saturated carbocycles. The Morgan fingerprint density at radius 3 is 2.21 bits per heavy atom. The highest BCUT2D eigenvalue weighted by Gasteiger charge is 2.41. The van der Waals surface area contributed by atoms with Crippen molar-refractivity contribution in [2.45, 2.75) is 112 Å². The Morgan fingerprint density at radius 1 is 1.03 bits per heavy atom. The summed E-state index contributed by atoms with van der Waals surface area (Å²) >= 11 is 1.91. The van der Waals surface area contributed by atoms with E-state index in [1.54, 1.807) is 0 Å². The van der Waals surface area contributed by atoms with Gasteiger partial charge >= 0.3 is 0 Å². The number of thiophene rings is 1. The van der Waals surface area contributed by atoms with Gasteiger partial charge in [-0.1, -0.05) is 53.7 Å². The average Bonchev–Trinajstić information content (AvgIpc) is 3.12. The van der Waals surface area contributed by atoms with Crippen molar-refractivity contribution >= 4 is 19.7 Å². The van der Waals surface area contributed by atoms with E-state index in [9.17, 15) is 0 Å². The van der Waals surface area contributed by atoms with Crippen LogP contribution >= 0.6 is 11.3 Å². The third-order valence-electron chi connectivity index (χ3n) is 7.64. The normalized spacial score (nSPS) is 14.9. The summed E-state index contributed by atoms with van der Waals surface area (Å²) in [6.07, 6.45) is 3.65. The van der Waals surface area contributed by atoms with Gasteiger partial charge in [0.2, 0.25) is 0 Å². The van der Waals surface area contributed by atoms with Gasteiger partial charge in [0.25, 0.3) is 0 Å². The first kappa shape index (κ1) is 28.1. The molecule has 2 rings (SSSR count). The molecule has 0 amide bonds. The first-order valence-electron chi connectivity index (χ1n) is 12.6. The first-order valence-corrected chi connectivity index (χ1v) is 16.4. The van der Waals surface area contributed by atoms with Crippen LogP contribution in [0.1, 0.15) is 88.8 Å². The fourth-order valence-electron chi connectivity index (χ4n) is 3.74. The van der Waals surface area contributed by atoms with Crippen LogP contribution in [0.2, 0.25) is 18.1 Å². The van der Waals surface area contributed by atoms with Gasteiger partial charge in [-0.25, -0.2) is 0 Å². The maximum Gasteiger partial charge on any atom is 0.192 e. The minimum atomic E-state index is -1.80. The minimum absolute atomic E-state index is 0.0617. The summed E-state index contributed by atoms with van der Waals surface area (Å²) in [7, 11) is -1.80. The Hall–Kier alpha value is -1.10. The fourth-order valence-corrected chi connectivity index (χ4v) is 6.42. The van der Waals surface area contributed by atoms with E-state index in [0.717, 1.165) is 12.2 Å². The van der Waals surface area contributed by atoms with Gasteiger partial charge in [-0.15, -0.1) is 11.3 Å². The highest BCUT2D eigenvalue weighted by Crippen LogP contribution is 2.40. The molecule has 2 unspecified atom stereocenters. The van der Waals surface area contributed by atoms with Gasteiger partial charge in [0, 0.05) is 10.3 Å². The molecule has 2 nitrogen and oxygen atoms in total. The third-order valence-corrected chi connectivity index (χ3v) is 13.4. The SMILES string of the molecule is CCC(CCc1ccc(OCC(C)(C)C(C)O[Si](C)(C)C(C)(C)C)c(C)c1)c1cc(C)cs1. The first-order chi connectivity index (χ1) is 15.2. The Bertz CT molecular complexity index is 891. The zero-order chi connectivity index (χ0) is 25.0. The second-order valence-electron chi connectivity index (χ2n) is 12.1. The largest absolute Gasteiger partial charge is 0.493 e. The zero-order valence-electron chi connectivity index (χ0n) is 23.1. The number of rotatable bonds is 11. The van der Waals surface area contributed by atoms with Crippen molar-refractivity contribution in [1.29, 1.82) is 0 Å². The summed E-state index contributed by atoms with van der Waals surface area (Å²) in [6, 6.07) is 9.08. The molecule has 0 fully saturated rings. The molecule has 2 aromatic rings. The van der Waals surface area contributed by atoms with Crippen molar-refractivity contribution in [1.82, 2.24) is 0 Å². The maximum absolute atomic E-state index is 6.67. The Morgan fingerprint density at radius 2 is 1.70 bits per heavy atom. The molecule has 0 radical (unpaired) electrons. The van der Waals surface area contributed by atoms with Gasteiger partial charge in [-0.3, -0.25) is 0 Å². The van der Waals surface area contributed by atoms with Crippen LogP contribution < -0.4 is 4.74 Å². The smallest absolute Gasteiger partial charge is 0.192 e. The Labute approximate surface area is 209 Å². The maximum atomic E-state index is 6.67. The van der Waals surface area contributed by atoms with E-state index in [1.165, 1.54) is 34.4 Å². The highest BCUT2D eigenvalue weighted by molar-refractivity contribution is 7.10. The number of ether oxygens (including phenoxy) is 1. The van der Waals surface area contributed by atoms with Gasteiger partial charge in [-0.2, -0.15) is 0 Å². The number of hydrogen-bond donors (Lipinski definition) is 0. The summed E-state index contributed by atoms with van der Waals surface area (Å²) in [5.41, 5.74) is 3.95. The summed E-state index contributed by atoms with van der Waals surface area (Å²) in [5, 5.41) is 2.48. The predicted molar refractivity (Wildman–Crippen MR) is 149 cm³/mol. The lowest BCUT2D eigenvalue weighted by atomic mass is 9.88. The van der Waals surface area contributed by atoms with Crippen molar-refractivity contribution in [3.8, 4) is 5.75 Å². The molecular weight excluding hydrogens is 440 g/mol. The summed E-state index contributed by atoms with van der Waals surface area (Å²) in [4.78, 5) is 1.53. The van der Waals surface area contributed by atoms with E-state index in [2.05, 4.69) is 105 Å². The second-order valence-corrected chi connectivity index (χ2v) is 17.8. The molecule has 0 spiro atoms. The van der Waals surface area contributed by atoms with Crippen LogP contribution in [0.25, 0.3) is 0 Å². The van der Waals surface area contributed by atoms with Crippen LogP contribution in [0.5, 0.6) is 5.75 Å². The lowest BCUT2D eigenvalue weighted by Crippen LogP contribution is -2.48. The monoisotopic (exact) mass is 488 g/mol. The molecule has 0 N–H and O–H groups in total. The molecule has 1 aromatic carbocycles. The summed E-state index contributed by atoms with van der Waals surface area (Å²) in [5.74, 6) is 1.65. The second kappa shape index (κ2) is 11.1. The number of aryl methyl sites for hydroxylation is 3. The van der Waals surface area contributed by atoms with Crippen LogP contribution in [0.3, 0.4) is 0 Å². The van der Waals surface area contributed by atoms with E-state index in [-0.39, 0.29) is 16.6 Å². The Kier molecular flexibility index (Phi) is 9.46. The van der Waals surface area contributed by atoms with E-state index >= 15 is 0 Å². The molecule has 0 saturated heterocycles. The highest BCUT2D eigenvalue weighted by atomic mass is 32.1. The minimum Gasteiger partial charge on any atom is -0.493 e. The summed E-state index contributed by atoms with van der Waals surface area (Å²) in [6.45, 7) is 25.6. The van der Waals surface area contributed by atoms with Gasteiger partial charge in [0.15, 0.2) is 8.32 Å². The van der Waals surface area contributed by atoms with E-state index in [1.807, 2.05) is 11.3 Å². The van der Waals surface area contributed by atoms with Crippen molar-refractivity contribution < 1.29 is 9.16 Å². The molecular formula is C29H48O2SSi. The number of hydrogen-bond acceptors (Lipinski definition) is 3. The summed E-state index contributed by atoms with van der Waals surface area (Å²) < 4.78 is 13.0. The Balaban J connectivity index is 1.96. The topological polar surface area (TPSA) is 18.5 Å². The zero-order valence-corrected chi connectivity index (χ0v) is 24.9. The van der Waals surface area contributed by atoms with Crippen LogP contribution in [0.15, 0.2) is 29.6 Å². The lowest BCUT2D eigenvalue weighted by molar-refractivity contribution is 0.0362. The van der Waals surface area contributed by atoms with E-state index in [0.29, 0.717) is 12.5 Å². The van der Waals surface area contributed by atoms with Crippen LogP contribution in [0.4, 0.5) is 0 Å². The standard InChI is InChI=1S/C29H48O2SSi/c1-12-25(27-17-21(2)19-32-27)15-13-24-14-16-26(22(3)18-24)30-20-29(8,9)23(4)31-33(10,11)28(5,6)7/h14,16-19,23,25H,12-13,15,20H2,1-11H3. The molecule has 4 heteroatoms. The van der Waals surface area contributed by atoms with E-state index < -0.39 is 8.32 Å². The van der Waals surface area contributed by atoms with Crippen molar-refractivity contribution in [3.63, 3.8) is 0 Å². The van der Waals surface area contributed by atoms with Crippen molar-refractivity contribution in [3.05, 3.63) is 51.2 Å². The van der Waals surface area contributed by atoms with E-state index in [4.69, 9.17) is 9.16 Å². The average molecular weight is 489 g/mol. The van der Waals surface area contributed by atoms with Crippen LogP contribution in [-0.2, 0) is 10.8 Å². The third kappa shape index (κ3) is 7.70. The molecule has 0 aliphatic heterocycles. The van der Waals surface area contributed by atoms with Crippen molar-refractivity contribution in [2.24, 2.45) is 5.41 Å². The quantitative estimate of drug-likeness (QED) is 0.293. The molecule has 1 aromatic heterocycles. The lowest BCUT2D eigenvalue weighted by Gasteiger charge is -2.43. The molecule has 186 valence electrons.